The zero-order chi connectivity index (χ0) is 26.3. The second-order valence-corrected chi connectivity index (χ2v) is 11.4. The molecule has 4 unspecified atom stereocenters. The third kappa shape index (κ3) is 4.82. The molecule has 0 bridgehead atoms. The quantitative estimate of drug-likeness (QED) is 0.286. The normalized spacial score (nSPS) is 29.1. The van der Waals surface area contributed by atoms with Crippen LogP contribution in [0.15, 0.2) is 24.3 Å². The minimum atomic E-state index is -0.808. The van der Waals surface area contributed by atoms with E-state index in [0.717, 1.165) is 6.42 Å². The molecule has 1 aromatic carbocycles. The lowest BCUT2D eigenvalue weighted by molar-refractivity contribution is -0.154. The molecular formula is C28H38N2O6. The summed E-state index contributed by atoms with van der Waals surface area (Å²) in [7, 11) is 0. The summed E-state index contributed by atoms with van der Waals surface area (Å²) in [5.74, 6) is -0.395. The van der Waals surface area contributed by atoms with E-state index in [0.29, 0.717) is 54.2 Å². The number of rotatable bonds is 8. The van der Waals surface area contributed by atoms with E-state index in [9.17, 15) is 24.6 Å². The summed E-state index contributed by atoms with van der Waals surface area (Å²) in [6.45, 7) is 9.49. The van der Waals surface area contributed by atoms with Gasteiger partial charge < -0.3 is 25.2 Å². The van der Waals surface area contributed by atoms with Gasteiger partial charge in [-0.25, -0.2) is 4.79 Å². The fourth-order valence-corrected chi connectivity index (χ4v) is 6.74. The van der Waals surface area contributed by atoms with Crippen molar-refractivity contribution in [2.75, 3.05) is 13.2 Å². The number of likely N-dealkylation sites (tertiary alicyclic amines) is 1. The minimum absolute atomic E-state index is 0.247. The number of fused-ring (bicyclic) bond motifs is 1. The van der Waals surface area contributed by atoms with Gasteiger partial charge in [-0.15, -0.1) is 0 Å². The highest BCUT2D eigenvalue weighted by Crippen LogP contribution is 2.78. The van der Waals surface area contributed by atoms with Crippen molar-refractivity contribution in [3.05, 3.63) is 29.8 Å². The van der Waals surface area contributed by atoms with Crippen LogP contribution in [0.4, 0.5) is 0 Å². The largest absolute Gasteiger partial charge is 0.504 e. The first kappa shape index (κ1) is 26.0. The van der Waals surface area contributed by atoms with Crippen molar-refractivity contribution in [1.82, 2.24) is 10.2 Å². The molecule has 1 aromatic rings. The van der Waals surface area contributed by atoms with Crippen molar-refractivity contribution in [3.8, 4) is 11.5 Å². The lowest BCUT2D eigenvalue weighted by atomic mass is 9.88. The summed E-state index contributed by atoms with van der Waals surface area (Å²) in [5.41, 5.74) is 1.32. The first-order chi connectivity index (χ1) is 17.0. The Kier molecular flexibility index (Phi) is 7.08. The van der Waals surface area contributed by atoms with Crippen LogP contribution in [-0.2, 0) is 19.1 Å². The fourth-order valence-electron chi connectivity index (χ4n) is 6.74. The predicted molar refractivity (Wildman–Crippen MR) is 135 cm³/mol. The van der Waals surface area contributed by atoms with Crippen LogP contribution in [-0.4, -0.2) is 58.1 Å². The number of carbonyl (C=O) groups is 3. The Morgan fingerprint density at radius 3 is 2.61 bits per heavy atom. The number of hydrogen-bond donors (Lipinski definition) is 3. The maximum atomic E-state index is 13.0. The molecule has 2 amide bonds. The van der Waals surface area contributed by atoms with E-state index in [2.05, 4.69) is 26.1 Å². The molecule has 3 aliphatic rings. The number of ether oxygens (including phenoxy) is 1. The molecule has 0 aromatic heterocycles. The van der Waals surface area contributed by atoms with E-state index in [1.54, 1.807) is 13.0 Å². The van der Waals surface area contributed by atoms with Crippen LogP contribution in [0, 0.1) is 22.7 Å². The van der Waals surface area contributed by atoms with Crippen molar-refractivity contribution in [2.45, 2.75) is 71.9 Å². The Morgan fingerprint density at radius 1 is 1.19 bits per heavy atom. The van der Waals surface area contributed by atoms with Crippen LogP contribution >= 0.6 is 0 Å². The van der Waals surface area contributed by atoms with E-state index in [1.165, 1.54) is 42.0 Å². The van der Waals surface area contributed by atoms with Gasteiger partial charge in [0.05, 0.1) is 6.61 Å². The first-order valence-electron chi connectivity index (χ1n) is 12.9. The summed E-state index contributed by atoms with van der Waals surface area (Å²) >= 11 is 0. The number of amides is 2. The zero-order valence-corrected chi connectivity index (χ0v) is 21.6. The number of esters is 1. The molecule has 2 aliphatic carbocycles. The highest BCUT2D eigenvalue weighted by atomic mass is 16.5. The Morgan fingerprint density at radius 2 is 1.94 bits per heavy atom. The van der Waals surface area contributed by atoms with Gasteiger partial charge in [0.15, 0.2) is 11.5 Å². The van der Waals surface area contributed by atoms with Crippen LogP contribution in [0.2, 0.25) is 0 Å². The second kappa shape index (κ2) is 9.79. The smallest absolute Gasteiger partial charge is 0.328 e. The van der Waals surface area contributed by atoms with Crippen LogP contribution < -0.4 is 5.32 Å². The molecule has 5 atom stereocenters. The monoisotopic (exact) mass is 498 g/mol. The molecule has 3 fully saturated rings. The SMILES string of the molecule is C[C@H](NC(=O)/C=C/c1ccc(O)c(O)c1)C(=O)N1CCCC1C(=O)OCCC1CCC2(C)C1C2(C)C. The highest BCUT2D eigenvalue weighted by Gasteiger charge is 2.72. The minimum Gasteiger partial charge on any atom is -0.504 e. The summed E-state index contributed by atoms with van der Waals surface area (Å²) in [6.07, 6.45) is 7.30. The summed E-state index contributed by atoms with van der Waals surface area (Å²) in [5, 5.41) is 21.6. The topological polar surface area (TPSA) is 116 Å². The number of hydrogen-bond acceptors (Lipinski definition) is 6. The standard InChI is InChI=1S/C28H38N2O6/c1-17(29-23(33)10-8-18-7-9-21(31)22(32)16-18)25(34)30-14-5-6-20(30)26(35)36-15-12-19-11-13-28(4)24(19)27(28,2)3/h7-10,16-17,19-20,24,31-32H,5-6,11-15H2,1-4H3,(H,29,33)/b10-8+/t17-,19?,20?,24?,28?/m0/s1. The van der Waals surface area contributed by atoms with Gasteiger partial charge >= 0.3 is 5.97 Å². The molecule has 8 nitrogen and oxygen atoms in total. The average Bonchev–Trinajstić information content (AvgIpc) is 3.25. The van der Waals surface area contributed by atoms with E-state index in [4.69, 9.17) is 4.74 Å². The summed E-state index contributed by atoms with van der Waals surface area (Å²) in [6, 6.07) is 2.77. The van der Waals surface area contributed by atoms with E-state index in [-0.39, 0.29) is 23.4 Å². The van der Waals surface area contributed by atoms with Gasteiger partial charge in [0.25, 0.3) is 0 Å². The molecule has 1 heterocycles. The van der Waals surface area contributed by atoms with Gasteiger partial charge in [-0.2, -0.15) is 0 Å². The summed E-state index contributed by atoms with van der Waals surface area (Å²) in [4.78, 5) is 39.7. The van der Waals surface area contributed by atoms with Crippen molar-refractivity contribution < 1.29 is 29.3 Å². The van der Waals surface area contributed by atoms with Crippen molar-refractivity contribution in [3.63, 3.8) is 0 Å². The molecule has 1 aliphatic heterocycles. The van der Waals surface area contributed by atoms with Crippen molar-refractivity contribution in [1.29, 1.82) is 0 Å². The predicted octanol–water partition coefficient (Wildman–Crippen LogP) is 3.61. The van der Waals surface area contributed by atoms with E-state index >= 15 is 0 Å². The maximum Gasteiger partial charge on any atom is 0.328 e. The summed E-state index contributed by atoms with van der Waals surface area (Å²) < 4.78 is 5.63. The third-order valence-electron chi connectivity index (χ3n) is 9.06. The number of nitrogens with one attached hydrogen (secondary N) is 1. The van der Waals surface area contributed by atoms with Crippen molar-refractivity contribution >= 4 is 23.9 Å². The molecule has 0 spiro atoms. The lowest BCUT2D eigenvalue weighted by Gasteiger charge is -2.26. The Hall–Kier alpha value is -3.03. The molecule has 1 saturated heterocycles. The Balaban J connectivity index is 1.25. The van der Waals surface area contributed by atoms with Crippen LogP contribution in [0.3, 0.4) is 0 Å². The zero-order valence-electron chi connectivity index (χ0n) is 21.6. The number of aromatic hydroxyl groups is 2. The molecule has 3 N–H and O–H groups in total. The molecule has 0 radical (unpaired) electrons. The van der Waals surface area contributed by atoms with Gasteiger partial charge in [0.2, 0.25) is 11.8 Å². The molecule has 196 valence electrons. The fraction of sp³-hybridized carbons (Fsp3) is 0.607. The molecule has 2 saturated carbocycles. The van der Waals surface area contributed by atoms with Gasteiger partial charge in [0, 0.05) is 12.6 Å². The Bertz CT molecular complexity index is 1070. The molecule has 36 heavy (non-hydrogen) atoms. The van der Waals surface area contributed by atoms with Gasteiger partial charge in [0.1, 0.15) is 12.1 Å². The number of benzene rings is 1. The Labute approximate surface area is 212 Å². The number of carbonyl (C=O) groups excluding carboxylic acids is 3. The second-order valence-electron chi connectivity index (χ2n) is 11.4. The van der Waals surface area contributed by atoms with Crippen molar-refractivity contribution in [2.24, 2.45) is 22.7 Å². The van der Waals surface area contributed by atoms with Gasteiger partial charge in [-0.05, 0) is 85.5 Å². The average molecular weight is 499 g/mol. The number of phenols is 2. The maximum absolute atomic E-state index is 13.0. The first-order valence-corrected chi connectivity index (χ1v) is 12.9. The highest BCUT2D eigenvalue weighted by molar-refractivity contribution is 5.96. The number of nitrogens with zero attached hydrogens (tertiary/aromatic N) is 1. The molecular weight excluding hydrogens is 460 g/mol. The van der Waals surface area contributed by atoms with Crippen LogP contribution in [0.1, 0.15) is 65.4 Å². The van der Waals surface area contributed by atoms with Crippen LogP contribution in [0.25, 0.3) is 6.08 Å². The third-order valence-corrected chi connectivity index (χ3v) is 9.06. The van der Waals surface area contributed by atoms with Gasteiger partial charge in [-0.1, -0.05) is 26.8 Å². The van der Waals surface area contributed by atoms with E-state index < -0.39 is 18.0 Å². The lowest BCUT2D eigenvalue weighted by Crippen LogP contribution is -2.50. The van der Waals surface area contributed by atoms with E-state index in [1.807, 2.05) is 0 Å². The van der Waals surface area contributed by atoms with Crippen LogP contribution in [0.5, 0.6) is 11.5 Å². The number of phenolic OH excluding ortho intramolecular Hbond substituents is 2. The van der Waals surface area contributed by atoms with Gasteiger partial charge in [-0.3, -0.25) is 9.59 Å². The molecule has 4 rings (SSSR count). The molecule has 8 heteroatoms.